The van der Waals surface area contributed by atoms with Crippen molar-refractivity contribution in [1.82, 2.24) is 20.3 Å². The Labute approximate surface area is 310 Å². The number of nitrogens with one attached hydrogen (secondary N) is 1. The van der Waals surface area contributed by atoms with Gasteiger partial charge in [-0.25, -0.2) is 15.0 Å². The zero-order valence-corrected chi connectivity index (χ0v) is 30.3. The monoisotopic (exact) mass is 684 g/mol. The molecule has 3 aliphatic carbocycles. The van der Waals surface area contributed by atoms with E-state index in [-0.39, 0.29) is 5.54 Å². The fourth-order valence-corrected chi connectivity index (χ4v) is 8.79. The number of allylic oxidation sites excluding steroid dienone is 8. The summed E-state index contributed by atoms with van der Waals surface area (Å²) in [6.45, 7) is 6.84. The molecule has 0 spiro atoms. The van der Waals surface area contributed by atoms with E-state index in [2.05, 4.69) is 178 Å². The van der Waals surface area contributed by atoms with Crippen molar-refractivity contribution in [2.24, 2.45) is 5.92 Å². The van der Waals surface area contributed by atoms with Gasteiger partial charge >= 0.3 is 0 Å². The predicted octanol–water partition coefficient (Wildman–Crippen LogP) is 11.3. The number of rotatable bonds is 4. The van der Waals surface area contributed by atoms with Gasteiger partial charge < -0.3 is 5.32 Å². The van der Waals surface area contributed by atoms with Gasteiger partial charge in [0.05, 0.1) is 11.0 Å². The minimum absolute atomic E-state index is 0.181. The summed E-state index contributed by atoms with van der Waals surface area (Å²) >= 11 is 0. The number of dihydropyridines is 1. The standard InChI is InChI=1S/C49H40N4/c1-31-19-20-35-29-48(2,44-18-9-8-17-41(44)42(35)26-31)47-52-45(33-23-21-32(22-24-33)36-27-37-13-10-11-25-49(37,3)50-30-36)51-46(53-47)43-28-34-12-4-5-14-38(34)39-15-6-7-16-40(39)43/h4-25,27-28,30-31,50H,26,29H2,1-3H3. The SMILES string of the molecule is CC1C=CC2=C(C1)c1ccccc1C(C)(c1nc(-c3ccc(C4=CNC5(C)C=CC=CC5=C4)cc3)nc(-c3cc4ccccc4c4ccccc34)n1)C2. The van der Waals surface area contributed by atoms with Crippen LogP contribution in [0, 0.1) is 5.92 Å². The highest BCUT2D eigenvalue weighted by Crippen LogP contribution is 2.49. The number of hydrogen-bond donors (Lipinski definition) is 1. The molecule has 6 aromatic rings. The number of hydrogen-bond acceptors (Lipinski definition) is 4. The molecule has 256 valence electrons. The fraction of sp³-hybridized carbons (Fsp3) is 0.163. The van der Waals surface area contributed by atoms with Crippen LogP contribution in [0.4, 0.5) is 0 Å². The van der Waals surface area contributed by atoms with Gasteiger partial charge in [-0.1, -0.05) is 140 Å². The Kier molecular flexibility index (Phi) is 7.13. The lowest BCUT2D eigenvalue weighted by Gasteiger charge is -2.38. The van der Waals surface area contributed by atoms with Crippen LogP contribution in [0.2, 0.25) is 0 Å². The molecular weight excluding hydrogens is 645 g/mol. The molecule has 0 amide bonds. The molecule has 10 rings (SSSR count). The van der Waals surface area contributed by atoms with E-state index >= 15 is 0 Å². The van der Waals surface area contributed by atoms with Crippen molar-refractivity contribution in [2.75, 3.05) is 0 Å². The van der Waals surface area contributed by atoms with E-state index in [1.165, 1.54) is 44.0 Å². The Morgan fingerprint density at radius 1 is 0.698 bits per heavy atom. The van der Waals surface area contributed by atoms with Crippen molar-refractivity contribution >= 4 is 32.7 Å². The quantitative estimate of drug-likeness (QED) is 0.188. The van der Waals surface area contributed by atoms with Crippen molar-refractivity contribution in [3.63, 3.8) is 0 Å². The van der Waals surface area contributed by atoms with Crippen molar-refractivity contribution in [1.29, 1.82) is 0 Å². The zero-order chi connectivity index (χ0) is 35.7. The average molecular weight is 685 g/mol. The van der Waals surface area contributed by atoms with Gasteiger partial charge in [-0.2, -0.15) is 0 Å². The summed E-state index contributed by atoms with van der Waals surface area (Å²) in [5.41, 5.74) is 10.3. The van der Waals surface area contributed by atoms with Gasteiger partial charge in [0.1, 0.15) is 5.82 Å². The van der Waals surface area contributed by atoms with E-state index in [9.17, 15) is 0 Å². The lowest BCUT2D eigenvalue weighted by Crippen LogP contribution is -2.41. The van der Waals surface area contributed by atoms with Gasteiger partial charge in [0, 0.05) is 17.3 Å². The van der Waals surface area contributed by atoms with Crippen molar-refractivity contribution < 1.29 is 0 Å². The van der Waals surface area contributed by atoms with Crippen LogP contribution < -0.4 is 5.32 Å². The molecule has 1 aliphatic heterocycles. The molecule has 0 saturated carbocycles. The third kappa shape index (κ3) is 5.15. The summed E-state index contributed by atoms with van der Waals surface area (Å²) in [5.74, 6) is 2.69. The normalized spacial score (nSPS) is 22.9. The second-order valence-corrected chi connectivity index (χ2v) is 15.4. The molecule has 2 heterocycles. The Bertz CT molecular complexity index is 2690. The Balaban J connectivity index is 1.15. The molecule has 1 N–H and O–H groups in total. The molecule has 1 aromatic heterocycles. The van der Waals surface area contributed by atoms with E-state index in [1.807, 2.05) is 0 Å². The molecule has 0 saturated heterocycles. The highest BCUT2D eigenvalue weighted by Gasteiger charge is 2.41. The number of nitrogens with zero attached hydrogens (tertiary/aromatic N) is 3. The summed E-state index contributed by atoms with van der Waals surface area (Å²) in [6.07, 6.45) is 19.6. The highest BCUT2D eigenvalue weighted by atomic mass is 15.0. The minimum Gasteiger partial charge on any atom is -0.378 e. The number of aromatic nitrogens is 3. The summed E-state index contributed by atoms with van der Waals surface area (Å²) in [4.78, 5) is 16.2. The molecular formula is C49H40N4. The van der Waals surface area contributed by atoms with Crippen LogP contribution >= 0.6 is 0 Å². The van der Waals surface area contributed by atoms with Gasteiger partial charge in [0.25, 0.3) is 0 Å². The van der Waals surface area contributed by atoms with Crippen molar-refractivity contribution in [3.05, 3.63) is 186 Å². The smallest absolute Gasteiger partial charge is 0.164 e. The van der Waals surface area contributed by atoms with Crippen LogP contribution in [0.5, 0.6) is 0 Å². The van der Waals surface area contributed by atoms with Gasteiger partial charge in [-0.15, -0.1) is 0 Å². The predicted molar refractivity (Wildman–Crippen MR) is 219 cm³/mol. The van der Waals surface area contributed by atoms with Crippen LogP contribution in [0.1, 0.15) is 56.1 Å². The zero-order valence-electron chi connectivity index (χ0n) is 30.3. The van der Waals surface area contributed by atoms with Crippen molar-refractivity contribution in [3.8, 4) is 22.8 Å². The molecule has 5 aromatic carbocycles. The van der Waals surface area contributed by atoms with Crippen LogP contribution in [0.15, 0.2) is 163 Å². The lowest BCUT2D eigenvalue weighted by atomic mass is 9.66. The fourth-order valence-electron chi connectivity index (χ4n) is 8.79. The maximum Gasteiger partial charge on any atom is 0.164 e. The molecule has 0 radical (unpaired) electrons. The molecule has 4 aliphatic rings. The van der Waals surface area contributed by atoms with E-state index < -0.39 is 5.41 Å². The van der Waals surface area contributed by atoms with Crippen LogP contribution in [0.3, 0.4) is 0 Å². The number of benzene rings is 5. The first-order valence-corrected chi connectivity index (χ1v) is 18.7. The molecule has 0 fully saturated rings. The summed E-state index contributed by atoms with van der Waals surface area (Å²) in [5, 5.41) is 8.34. The average Bonchev–Trinajstić information content (AvgIpc) is 3.20. The summed E-state index contributed by atoms with van der Waals surface area (Å²) in [6, 6.07) is 37.1. The number of fused-ring (bicyclic) bond motifs is 6. The van der Waals surface area contributed by atoms with Gasteiger partial charge in [-0.3, -0.25) is 0 Å². The largest absolute Gasteiger partial charge is 0.378 e. The van der Waals surface area contributed by atoms with Crippen molar-refractivity contribution in [2.45, 2.75) is 44.6 Å². The molecule has 0 bridgehead atoms. The van der Waals surface area contributed by atoms with Crippen LogP contribution in [0.25, 0.3) is 55.5 Å². The molecule has 3 atom stereocenters. The van der Waals surface area contributed by atoms with Crippen LogP contribution in [-0.2, 0) is 5.41 Å². The second-order valence-electron chi connectivity index (χ2n) is 15.4. The first-order valence-electron chi connectivity index (χ1n) is 18.7. The first kappa shape index (κ1) is 31.6. The van der Waals surface area contributed by atoms with Gasteiger partial charge in [0.2, 0.25) is 0 Å². The van der Waals surface area contributed by atoms with E-state index in [1.54, 1.807) is 0 Å². The Hall–Kier alpha value is -6.13. The first-order chi connectivity index (χ1) is 25.9. The maximum atomic E-state index is 5.46. The second kappa shape index (κ2) is 12.0. The Morgan fingerprint density at radius 2 is 1.43 bits per heavy atom. The summed E-state index contributed by atoms with van der Waals surface area (Å²) < 4.78 is 0. The topological polar surface area (TPSA) is 50.7 Å². The molecule has 53 heavy (non-hydrogen) atoms. The molecule has 4 nitrogen and oxygen atoms in total. The molecule has 3 unspecified atom stereocenters. The molecule has 4 heteroatoms. The third-order valence-electron chi connectivity index (χ3n) is 11.8. The van der Waals surface area contributed by atoms with E-state index in [4.69, 9.17) is 15.0 Å². The summed E-state index contributed by atoms with van der Waals surface area (Å²) in [7, 11) is 0. The van der Waals surface area contributed by atoms with Crippen LogP contribution in [-0.4, -0.2) is 20.5 Å². The van der Waals surface area contributed by atoms with E-state index in [0.29, 0.717) is 17.6 Å². The van der Waals surface area contributed by atoms with Gasteiger partial charge in [-0.05, 0) is 105 Å². The third-order valence-corrected chi connectivity index (χ3v) is 11.8. The Morgan fingerprint density at radius 3 is 2.30 bits per heavy atom. The van der Waals surface area contributed by atoms with E-state index in [0.717, 1.165) is 46.3 Å². The highest BCUT2D eigenvalue weighted by molar-refractivity contribution is 6.13. The maximum absolute atomic E-state index is 5.46. The minimum atomic E-state index is -0.460. The van der Waals surface area contributed by atoms with Gasteiger partial charge in [0.15, 0.2) is 11.6 Å². The lowest BCUT2D eigenvalue weighted by molar-refractivity contribution is 0.516.